The van der Waals surface area contributed by atoms with E-state index in [1.807, 2.05) is 89.8 Å². The summed E-state index contributed by atoms with van der Waals surface area (Å²) in [6.45, 7) is 0. The predicted molar refractivity (Wildman–Crippen MR) is 194 cm³/mol. The van der Waals surface area contributed by atoms with Crippen molar-refractivity contribution in [3.8, 4) is 22.3 Å². The van der Waals surface area contributed by atoms with Crippen LogP contribution in [0, 0.1) is 0 Å². The molecule has 0 bridgehead atoms. The number of furan rings is 1. The first-order valence-electron chi connectivity index (χ1n) is 17.4. The zero-order chi connectivity index (χ0) is 33.9. The Hall–Kier alpha value is -6.12. The molecule has 8 aromatic carbocycles. The highest BCUT2D eigenvalue weighted by Gasteiger charge is 2.22. The zero-order valence-corrected chi connectivity index (χ0v) is 24.8. The van der Waals surface area contributed by atoms with Crippen molar-refractivity contribution in [2.45, 2.75) is 0 Å². The van der Waals surface area contributed by atoms with E-state index in [9.17, 15) is 2.74 Å². The number of anilines is 3. The van der Waals surface area contributed by atoms with Crippen LogP contribution in [0.15, 0.2) is 180 Å². The van der Waals surface area contributed by atoms with Crippen LogP contribution in [0.1, 0.15) is 5.48 Å². The summed E-state index contributed by atoms with van der Waals surface area (Å²) in [6, 6.07) is 49.8. The normalized spacial score (nSPS) is 12.7. The summed E-state index contributed by atoms with van der Waals surface area (Å²) in [5, 5.41) is 6.15. The molecule has 9 aromatic rings. The fourth-order valence-corrected chi connectivity index (χ4v) is 6.59. The van der Waals surface area contributed by atoms with Gasteiger partial charge in [-0.2, -0.15) is 0 Å². The summed E-state index contributed by atoms with van der Waals surface area (Å²) in [6.07, 6.45) is 0. The highest BCUT2D eigenvalue weighted by Crippen LogP contribution is 2.47. The highest BCUT2D eigenvalue weighted by molar-refractivity contribution is 6.19. The van der Waals surface area contributed by atoms with Crippen LogP contribution in [0.3, 0.4) is 0 Å². The molecular weight excluding hydrogens is 558 g/mol. The second kappa shape index (κ2) is 10.8. The molecule has 0 unspecified atom stereocenters. The quantitative estimate of drug-likeness (QED) is 0.198. The van der Waals surface area contributed by atoms with Gasteiger partial charge in [0.1, 0.15) is 11.2 Å². The van der Waals surface area contributed by atoms with E-state index in [0.717, 1.165) is 60.4 Å². The van der Waals surface area contributed by atoms with Gasteiger partial charge in [0.15, 0.2) is 0 Å². The summed E-state index contributed by atoms with van der Waals surface area (Å²) < 4.78 is 42.8. The van der Waals surface area contributed by atoms with E-state index in [4.69, 9.17) is 7.16 Å². The topological polar surface area (TPSA) is 16.4 Å². The van der Waals surface area contributed by atoms with Crippen molar-refractivity contribution < 1.29 is 9.90 Å². The molecule has 0 aliphatic rings. The Morgan fingerprint density at radius 3 is 2.11 bits per heavy atom. The van der Waals surface area contributed by atoms with Crippen LogP contribution in [0.25, 0.3) is 65.7 Å². The van der Waals surface area contributed by atoms with Crippen molar-refractivity contribution in [2.24, 2.45) is 0 Å². The minimum atomic E-state index is -0.296. The molecule has 0 N–H and O–H groups in total. The molecule has 2 nitrogen and oxygen atoms in total. The van der Waals surface area contributed by atoms with Gasteiger partial charge >= 0.3 is 0 Å². The lowest BCUT2D eigenvalue weighted by molar-refractivity contribution is 0.672. The molecule has 0 saturated heterocycles. The molecule has 1 heterocycles. The fraction of sp³-hybridized carbons (Fsp3) is 0. The van der Waals surface area contributed by atoms with Crippen molar-refractivity contribution >= 4 is 60.5 Å². The highest BCUT2D eigenvalue weighted by atomic mass is 16.3. The summed E-state index contributed by atoms with van der Waals surface area (Å²) in [7, 11) is 0. The Bertz CT molecular complexity index is 2770. The van der Waals surface area contributed by atoms with Gasteiger partial charge in [0.2, 0.25) is 0 Å². The Labute approximate surface area is 273 Å². The van der Waals surface area contributed by atoms with Gasteiger partial charge in [-0.05, 0) is 75.3 Å². The zero-order valence-electron chi connectivity index (χ0n) is 28.8. The first-order valence-corrected chi connectivity index (χ1v) is 15.4. The summed E-state index contributed by atoms with van der Waals surface area (Å²) >= 11 is 0. The Morgan fingerprint density at radius 1 is 0.478 bits per heavy atom. The van der Waals surface area contributed by atoms with E-state index >= 15 is 0 Å². The molecule has 0 amide bonds. The van der Waals surface area contributed by atoms with Gasteiger partial charge in [-0.25, -0.2) is 0 Å². The molecule has 216 valence electrons. The summed E-state index contributed by atoms with van der Waals surface area (Å²) in [4.78, 5) is 1.98. The Kier molecular flexibility index (Phi) is 5.26. The minimum absolute atomic E-state index is 0.0990. The van der Waals surface area contributed by atoms with Crippen LogP contribution in [-0.2, 0) is 0 Å². The number of hydrogen-bond donors (Lipinski definition) is 0. The van der Waals surface area contributed by atoms with Crippen molar-refractivity contribution in [1.29, 1.82) is 0 Å². The molecule has 2 heteroatoms. The second-order valence-corrected chi connectivity index (χ2v) is 11.5. The third kappa shape index (κ3) is 4.35. The molecule has 0 saturated carbocycles. The SMILES string of the molecule is [2H]c1c([2H])c([2H])c(N(c2cccc(-c3ccc4ccccc4c3)c2)c2cccc3oc4c5ccccc5ccc4c23)c(-c2ccccc2)c1[2H]. The molecule has 46 heavy (non-hydrogen) atoms. The van der Waals surface area contributed by atoms with E-state index in [2.05, 4.69) is 66.7 Å². The summed E-state index contributed by atoms with van der Waals surface area (Å²) in [5.74, 6) is 0. The molecule has 0 aliphatic carbocycles. The molecule has 9 rings (SSSR count). The number of rotatable bonds is 5. The fourth-order valence-electron chi connectivity index (χ4n) is 6.59. The lowest BCUT2D eigenvalue weighted by atomic mass is 9.98. The average Bonchev–Trinajstić information content (AvgIpc) is 3.56. The molecule has 1 aromatic heterocycles. The van der Waals surface area contributed by atoms with Gasteiger partial charge in [-0.3, -0.25) is 0 Å². The number of hydrogen-bond acceptors (Lipinski definition) is 2. The van der Waals surface area contributed by atoms with Gasteiger partial charge in [0, 0.05) is 22.0 Å². The number of benzene rings is 8. The predicted octanol–water partition coefficient (Wildman–Crippen LogP) is 12.7. The molecule has 0 atom stereocenters. The summed E-state index contributed by atoms with van der Waals surface area (Å²) in [5.41, 5.74) is 6.46. The van der Waals surface area contributed by atoms with E-state index in [-0.39, 0.29) is 24.2 Å². The van der Waals surface area contributed by atoms with Crippen molar-refractivity contribution in [3.63, 3.8) is 0 Å². The molecule has 0 fully saturated rings. The number of fused-ring (bicyclic) bond motifs is 6. The van der Waals surface area contributed by atoms with Crippen LogP contribution < -0.4 is 4.90 Å². The maximum absolute atomic E-state index is 9.45. The first-order chi connectivity index (χ1) is 24.5. The van der Waals surface area contributed by atoms with Gasteiger partial charge in [0.25, 0.3) is 0 Å². The standard InChI is InChI=1S/C44H29NO/c1-2-13-31(14-3-1)37-19-8-9-21-40(37)45(36-18-10-17-34(29-36)35-25-24-30-12-4-5-16-33(30)28-35)41-22-11-23-42-43(41)39-27-26-32-15-6-7-20-38(32)44(39)46-42/h1-29H/i8D,9D,19D,21D. The van der Waals surface area contributed by atoms with Crippen LogP contribution in [0.4, 0.5) is 17.1 Å². The van der Waals surface area contributed by atoms with Crippen LogP contribution in [-0.4, -0.2) is 0 Å². The molecule has 0 radical (unpaired) electrons. The van der Waals surface area contributed by atoms with Crippen molar-refractivity contribution in [1.82, 2.24) is 0 Å². The van der Waals surface area contributed by atoms with E-state index in [1.165, 1.54) is 0 Å². The monoisotopic (exact) mass is 591 g/mol. The van der Waals surface area contributed by atoms with Crippen LogP contribution >= 0.6 is 0 Å². The minimum Gasteiger partial charge on any atom is -0.455 e. The van der Waals surface area contributed by atoms with E-state index < -0.39 is 0 Å². The third-order valence-corrected chi connectivity index (χ3v) is 8.75. The third-order valence-electron chi connectivity index (χ3n) is 8.75. The molecule has 0 spiro atoms. The molecule has 0 aliphatic heterocycles. The van der Waals surface area contributed by atoms with Crippen LogP contribution in [0.2, 0.25) is 0 Å². The lowest BCUT2D eigenvalue weighted by Crippen LogP contribution is -2.11. The Morgan fingerprint density at radius 2 is 1.20 bits per heavy atom. The Balaban J connectivity index is 1.38. The lowest BCUT2D eigenvalue weighted by Gasteiger charge is -2.29. The number of para-hydroxylation sites is 1. The van der Waals surface area contributed by atoms with Crippen molar-refractivity contribution in [2.75, 3.05) is 4.90 Å². The van der Waals surface area contributed by atoms with Gasteiger partial charge in [-0.15, -0.1) is 0 Å². The number of nitrogens with zero attached hydrogens (tertiary/aromatic N) is 1. The van der Waals surface area contributed by atoms with E-state index in [0.29, 0.717) is 22.4 Å². The van der Waals surface area contributed by atoms with E-state index in [1.54, 1.807) is 0 Å². The maximum atomic E-state index is 9.45. The average molecular weight is 592 g/mol. The van der Waals surface area contributed by atoms with Gasteiger partial charge in [0.05, 0.1) is 22.2 Å². The van der Waals surface area contributed by atoms with Gasteiger partial charge < -0.3 is 9.32 Å². The van der Waals surface area contributed by atoms with Crippen LogP contribution in [0.5, 0.6) is 0 Å². The van der Waals surface area contributed by atoms with Gasteiger partial charge in [-0.1, -0.05) is 133 Å². The maximum Gasteiger partial charge on any atom is 0.143 e. The smallest absolute Gasteiger partial charge is 0.143 e. The first kappa shape index (κ1) is 22.4. The largest absolute Gasteiger partial charge is 0.455 e. The molecular formula is C44H29NO. The van der Waals surface area contributed by atoms with Crippen molar-refractivity contribution in [3.05, 3.63) is 176 Å². The second-order valence-electron chi connectivity index (χ2n) is 11.5.